The summed E-state index contributed by atoms with van der Waals surface area (Å²) in [6, 6.07) is 11.8. The molecule has 3 aromatic heterocycles. The zero-order valence-electron chi connectivity index (χ0n) is 15.3. The Morgan fingerprint density at radius 3 is 2.79 bits per heavy atom. The molecule has 0 saturated heterocycles. The van der Waals surface area contributed by atoms with Gasteiger partial charge >= 0.3 is 0 Å². The zero-order chi connectivity index (χ0) is 20.2. The molecule has 0 aliphatic heterocycles. The number of imidazole rings is 1. The number of hydrogen-bond acceptors (Lipinski definition) is 7. The van der Waals surface area contributed by atoms with Crippen LogP contribution in [0.2, 0.25) is 0 Å². The number of rotatable bonds is 7. The summed E-state index contributed by atoms with van der Waals surface area (Å²) in [6.45, 7) is 2.37. The molecule has 0 fully saturated rings. The normalized spacial score (nSPS) is 11.0. The Bertz CT molecular complexity index is 1110. The Hall–Kier alpha value is -2.43. The van der Waals surface area contributed by atoms with Crippen LogP contribution in [0.3, 0.4) is 0 Å². The fourth-order valence-corrected chi connectivity index (χ4v) is 4.32. The summed E-state index contributed by atoms with van der Waals surface area (Å²) in [5.74, 6) is 0.883. The second kappa shape index (κ2) is 8.93. The van der Waals surface area contributed by atoms with Crippen LogP contribution in [0.5, 0.6) is 0 Å². The highest BCUT2D eigenvalue weighted by Gasteiger charge is 2.16. The lowest BCUT2D eigenvalue weighted by Gasteiger charge is -2.11. The van der Waals surface area contributed by atoms with Crippen molar-refractivity contribution in [3.8, 4) is 11.3 Å². The van der Waals surface area contributed by atoms with E-state index in [4.69, 9.17) is 4.42 Å². The van der Waals surface area contributed by atoms with Crippen molar-refractivity contribution in [3.05, 3.63) is 64.1 Å². The minimum absolute atomic E-state index is 0.149. The van der Waals surface area contributed by atoms with Gasteiger partial charge in [-0.3, -0.25) is 10.1 Å². The molecule has 1 N–H and O–H groups in total. The number of aryl methyl sites for hydroxylation is 1. The smallest absolute Gasteiger partial charge is 0.236 e. The highest BCUT2D eigenvalue weighted by Crippen LogP contribution is 2.28. The number of amides is 1. The van der Waals surface area contributed by atoms with E-state index in [1.807, 2.05) is 49.5 Å². The fraction of sp³-hybridized carbons (Fsp3) is 0.158. The molecule has 0 bridgehead atoms. The highest BCUT2D eigenvalue weighted by molar-refractivity contribution is 9.10. The third-order valence-corrected chi connectivity index (χ3v) is 6.23. The van der Waals surface area contributed by atoms with E-state index in [2.05, 4.69) is 41.0 Å². The number of aromatic nitrogens is 4. The second-order valence-corrected chi connectivity index (χ2v) is 9.10. The van der Waals surface area contributed by atoms with Crippen LogP contribution in [-0.4, -0.2) is 31.4 Å². The predicted molar refractivity (Wildman–Crippen MR) is 117 cm³/mol. The number of carbonyl (C=O) groups excluding carboxylic acids is 1. The maximum Gasteiger partial charge on any atom is 0.236 e. The molecule has 7 nitrogen and oxygen atoms in total. The SMILES string of the molecule is Cc1nnc(NC(=O)CSc2ncc(-c3ccc(Br)cc3)n2Cc2ccco2)s1. The predicted octanol–water partition coefficient (Wildman–Crippen LogP) is 4.84. The minimum atomic E-state index is -0.149. The molecule has 29 heavy (non-hydrogen) atoms. The molecule has 0 aliphatic rings. The Morgan fingerprint density at radius 2 is 2.10 bits per heavy atom. The van der Waals surface area contributed by atoms with Gasteiger partial charge in [0.05, 0.1) is 30.5 Å². The van der Waals surface area contributed by atoms with E-state index < -0.39 is 0 Å². The van der Waals surface area contributed by atoms with E-state index >= 15 is 0 Å². The molecular formula is C19H16BrN5O2S2. The number of anilines is 1. The quantitative estimate of drug-likeness (QED) is 0.373. The highest BCUT2D eigenvalue weighted by atomic mass is 79.9. The second-order valence-electron chi connectivity index (χ2n) is 6.06. The van der Waals surface area contributed by atoms with E-state index in [0.29, 0.717) is 11.7 Å². The van der Waals surface area contributed by atoms with Crippen molar-refractivity contribution in [2.24, 2.45) is 0 Å². The van der Waals surface area contributed by atoms with Crippen molar-refractivity contribution >= 4 is 50.1 Å². The number of carbonyl (C=O) groups is 1. The van der Waals surface area contributed by atoms with Crippen molar-refractivity contribution in [1.82, 2.24) is 19.7 Å². The number of nitrogens with one attached hydrogen (secondary N) is 1. The third-order valence-electron chi connectivity index (χ3n) is 3.96. The molecule has 1 aromatic carbocycles. The summed E-state index contributed by atoms with van der Waals surface area (Å²) in [7, 11) is 0. The largest absolute Gasteiger partial charge is 0.467 e. The van der Waals surface area contributed by atoms with Gasteiger partial charge in [0.1, 0.15) is 10.8 Å². The Balaban J connectivity index is 1.54. The summed E-state index contributed by atoms with van der Waals surface area (Å²) >= 11 is 6.18. The van der Waals surface area contributed by atoms with Crippen molar-refractivity contribution < 1.29 is 9.21 Å². The Labute approximate surface area is 183 Å². The first-order valence-corrected chi connectivity index (χ1v) is 11.2. The molecule has 4 rings (SSSR count). The molecule has 3 heterocycles. The molecule has 0 aliphatic carbocycles. The number of thioether (sulfide) groups is 1. The van der Waals surface area contributed by atoms with Gasteiger partial charge in [-0.15, -0.1) is 10.2 Å². The number of halogens is 1. The molecule has 0 radical (unpaired) electrons. The van der Waals surface area contributed by atoms with E-state index in [-0.39, 0.29) is 11.7 Å². The van der Waals surface area contributed by atoms with Crippen molar-refractivity contribution in [1.29, 1.82) is 0 Å². The van der Waals surface area contributed by atoms with Crippen LogP contribution < -0.4 is 5.32 Å². The number of benzene rings is 1. The van der Waals surface area contributed by atoms with Crippen LogP contribution in [0.15, 0.2) is 62.9 Å². The number of furan rings is 1. The van der Waals surface area contributed by atoms with Gasteiger partial charge in [0, 0.05) is 4.47 Å². The molecule has 1 amide bonds. The number of hydrogen-bond donors (Lipinski definition) is 1. The van der Waals surface area contributed by atoms with Gasteiger partial charge < -0.3 is 8.98 Å². The summed E-state index contributed by atoms with van der Waals surface area (Å²) in [6.07, 6.45) is 3.47. The van der Waals surface area contributed by atoms with E-state index in [9.17, 15) is 4.79 Å². The summed E-state index contributed by atoms with van der Waals surface area (Å²) in [5.41, 5.74) is 1.99. The van der Waals surface area contributed by atoms with E-state index in [0.717, 1.165) is 31.7 Å². The van der Waals surface area contributed by atoms with Crippen LogP contribution in [0.4, 0.5) is 5.13 Å². The molecule has 0 atom stereocenters. The van der Waals surface area contributed by atoms with Crippen LogP contribution in [0, 0.1) is 6.92 Å². The Kier molecular flexibility index (Phi) is 6.12. The molecular weight excluding hydrogens is 474 g/mol. The average molecular weight is 490 g/mol. The van der Waals surface area contributed by atoms with Gasteiger partial charge in [-0.25, -0.2) is 4.98 Å². The summed E-state index contributed by atoms with van der Waals surface area (Å²) in [4.78, 5) is 16.8. The fourth-order valence-electron chi connectivity index (χ4n) is 2.67. The van der Waals surface area contributed by atoms with Crippen molar-refractivity contribution in [2.45, 2.75) is 18.6 Å². The van der Waals surface area contributed by atoms with Crippen LogP contribution in [0.1, 0.15) is 10.8 Å². The van der Waals surface area contributed by atoms with Gasteiger partial charge in [-0.05, 0) is 36.8 Å². The lowest BCUT2D eigenvalue weighted by atomic mass is 10.2. The molecule has 10 heteroatoms. The van der Waals surface area contributed by atoms with E-state index in [1.165, 1.54) is 23.1 Å². The van der Waals surface area contributed by atoms with Crippen LogP contribution >= 0.6 is 39.0 Å². The van der Waals surface area contributed by atoms with Gasteiger partial charge in [0.2, 0.25) is 11.0 Å². The standard InChI is InChI=1S/C19H16BrN5O2S2/c1-12-23-24-18(29-12)22-17(26)11-28-19-21-9-16(13-4-6-14(20)7-5-13)25(19)10-15-3-2-8-27-15/h2-9H,10-11H2,1H3,(H,22,24,26). The zero-order valence-corrected chi connectivity index (χ0v) is 18.6. The lowest BCUT2D eigenvalue weighted by molar-refractivity contribution is -0.113. The molecule has 4 aromatic rings. The van der Waals surface area contributed by atoms with Crippen molar-refractivity contribution in [2.75, 3.05) is 11.1 Å². The van der Waals surface area contributed by atoms with Crippen LogP contribution in [-0.2, 0) is 11.3 Å². The first-order chi connectivity index (χ1) is 14.1. The van der Waals surface area contributed by atoms with Gasteiger partial charge in [0.15, 0.2) is 5.16 Å². The molecule has 0 saturated carbocycles. The van der Waals surface area contributed by atoms with Gasteiger partial charge in [-0.2, -0.15) is 0 Å². The van der Waals surface area contributed by atoms with Gasteiger partial charge in [-0.1, -0.05) is 51.2 Å². The first kappa shape index (κ1) is 19.9. The minimum Gasteiger partial charge on any atom is -0.467 e. The maximum atomic E-state index is 12.3. The van der Waals surface area contributed by atoms with Gasteiger partial charge in [0.25, 0.3) is 0 Å². The lowest BCUT2D eigenvalue weighted by Crippen LogP contribution is -2.14. The summed E-state index contributed by atoms with van der Waals surface area (Å²) < 4.78 is 8.58. The first-order valence-electron chi connectivity index (χ1n) is 8.65. The van der Waals surface area contributed by atoms with Crippen molar-refractivity contribution in [3.63, 3.8) is 0 Å². The molecule has 0 unspecified atom stereocenters. The number of nitrogens with zero attached hydrogens (tertiary/aromatic N) is 4. The maximum absolute atomic E-state index is 12.3. The monoisotopic (exact) mass is 489 g/mol. The molecule has 0 spiro atoms. The Morgan fingerprint density at radius 1 is 1.28 bits per heavy atom. The van der Waals surface area contributed by atoms with Crippen LogP contribution in [0.25, 0.3) is 11.3 Å². The van der Waals surface area contributed by atoms with E-state index in [1.54, 1.807) is 6.26 Å². The average Bonchev–Trinajstić information content (AvgIpc) is 3.44. The topological polar surface area (TPSA) is 85.8 Å². The molecule has 148 valence electrons. The summed E-state index contributed by atoms with van der Waals surface area (Å²) in [5, 5.41) is 12.6. The third kappa shape index (κ3) is 4.95.